The molecule has 7 nitrogen and oxygen atoms in total. The zero-order valence-electron chi connectivity index (χ0n) is 15.0. The lowest BCUT2D eigenvalue weighted by molar-refractivity contribution is 0.0511. The average Bonchev–Trinajstić information content (AvgIpc) is 3.28. The van der Waals surface area contributed by atoms with Crippen molar-refractivity contribution >= 4 is 11.8 Å². The summed E-state index contributed by atoms with van der Waals surface area (Å²) in [6, 6.07) is 9.63. The quantitative estimate of drug-likeness (QED) is 0.645. The van der Waals surface area contributed by atoms with E-state index in [2.05, 4.69) is 10.1 Å². The van der Waals surface area contributed by atoms with E-state index in [1.807, 2.05) is 30.3 Å². The van der Waals surface area contributed by atoms with Crippen molar-refractivity contribution in [2.45, 2.75) is 32.7 Å². The van der Waals surface area contributed by atoms with Gasteiger partial charge >= 0.3 is 5.97 Å². The first-order valence-electron chi connectivity index (χ1n) is 8.97. The van der Waals surface area contributed by atoms with Crippen LogP contribution in [-0.4, -0.2) is 33.1 Å². The molecule has 1 aliphatic carbocycles. The molecule has 0 fully saturated rings. The van der Waals surface area contributed by atoms with Crippen LogP contribution < -0.4 is 0 Å². The number of hydrogen-bond acceptors (Lipinski definition) is 6. The van der Waals surface area contributed by atoms with Crippen LogP contribution in [0.1, 0.15) is 52.2 Å². The van der Waals surface area contributed by atoms with Gasteiger partial charge in [-0.25, -0.2) is 14.5 Å². The topological polar surface area (TPSA) is 87.2 Å². The normalized spacial score (nSPS) is 13.4. The highest BCUT2D eigenvalue weighted by atomic mass is 16.5. The van der Waals surface area contributed by atoms with Crippen LogP contribution in [0.3, 0.4) is 0 Å². The molecule has 2 heterocycles. The average molecular weight is 365 g/mol. The van der Waals surface area contributed by atoms with Crippen LogP contribution in [-0.2, 0) is 17.7 Å². The molecule has 7 heteroatoms. The molecule has 0 spiro atoms. The second-order valence-corrected chi connectivity index (χ2v) is 6.31. The Kier molecular flexibility index (Phi) is 4.58. The summed E-state index contributed by atoms with van der Waals surface area (Å²) in [6.45, 7) is 2.15. The smallest absolute Gasteiger partial charge is 0.356 e. The van der Waals surface area contributed by atoms with Crippen LogP contribution >= 0.6 is 0 Å². The molecule has 0 aliphatic heterocycles. The lowest BCUT2D eigenvalue weighted by Gasteiger charge is -2.10. The van der Waals surface area contributed by atoms with Crippen LogP contribution in [0.25, 0.3) is 11.3 Å². The standard InChI is InChI=1S/C20H19N3O4/c1-2-26-20(25)19-14-9-6-10-15(24)18(14)22-23(19)12-17-21-11-16(27-17)13-7-4-3-5-8-13/h3-5,7-8,11H,2,6,9-10,12H2,1H3. The zero-order chi connectivity index (χ0) is 18.8. The monoisotopic (exact) mass is 365 g/mol. The van der Waals surface area contributed by atoms with E-state index >= 15 is 0 Å². The molecular formula is C20H19N3O4. The van der Waals surface area contributed by atoms with Crippen molar-refractivity contribution in [1.29, 1.82) is 0 Å². The number of carbonyl (C=O) groups is 2. The number of hydrogen-bond donors (Lipinski definition) is 0. The lowest BCUT2D eigenvalue weighted by Crippen LogP contribution is -2.16. The molecular weight excluding hydrogens is 346 g/mol. The second-order valence-electron chi connectivity index (χ2n) is 6.31. The molecule has 0 saturated carbocycles. The Morgan fingerprint density at radius 3 is 2.85 bits per heavy atom. The number of oxazole rings is 1. The Morgan fingerprint density at radius 2 is 2.07 bits per heavy atom. The third-order valence-corrected chi connectivity index (χ3v) is 4.51. The predicted molar refractivity (Wildman–Crippen MR) is 96.5 cm³/mol. The van der Waals surface area contributed by atoms with Crippen molar-refractivity contribution in [3.8, 4) is 11.3 Å². The second kappa shape index (κ2) is 7.19. The highest BCUT2D eigenvalue weighted by Gasteiger charge is 2.30. The molecule has 1 aliphatic rings. The van der Waals surface area contributed by atoms with Crippen LogP contribution in [0.2, 0.25) is 0 Å². The number of Topliss-reactive ketones (excluding diaryl/α,β-unsaturated/α-hetero) is 1. The van der Waals surface area contributed by atoms with Crippen molar-refractivity contribution in [2.24, 2.45) is 0 Å². The molecule has 0 saturated heterocycles. The number of rotatable bonds is 5. The van der Waals surface area contributed by atoms with Crippen LogP contribution in [0.5, 0.6) is 0 Å². The van der Waals surface area contributed by atoms with Gasteiger partial charge in [0.2, 0.25) is 5.89 Å². The predicted octanol–water partition coefficient (Wildman–Crippen LogP) is 3.28. The van der Waals surface area contributed by atoms with Gasteiger partial charge in [-0.2, -0.15) is 5.10 Å². The number of carbonyl (C=O) groups excluding carboxylic acids is 2. The largest absolute Gasteiger partial charge is 0.461 e. The van der Waals surface area contributed by atoms with E-state index in [0.717, 1.165) is 5.56 Å². The van der Waals surface area contributed by atoms with Crippen LogP contribution in [0, 0.1) is 0 Å². The summed E-state index contributed by atoms with van der Waals surface area (Å²) in [6.07, 6.45) is 3.43. The number of esters is 1. The van der Waals surface area contributed by atoms with Crippen molar-refractivity contribution < 1.29 is 18.7 Å². The summed E-state index contributed by atoms with van der Waals surface area (Å²) in [5.41, 5.74) is 2.26. The van der Waals surface area contributed by atoms with Crippen molar-refractivity contribution in [3.63, 3.8) is 0 Å². The maximum absolute atomic E-state index is 12.5. The molecule has 2 aromatic heterocycles. The molecule has 0 unspecified atom stereocenters. The van der Waals surface area contributed by atoms with E-state index < -0.39 is 5.97 Å². The Bertz CT molecular complexity index is 988. The number of benzene rings is 1. The third-order valence-electron chi connectivity index (χ3n) is 4.51. The molecule has 27 heavy (non-hydrogen) atoms. The molecule has 0 amide bonds. The minimum atomic E-state index is -0.476. The van der Waals surface area contributed by atoms with E-state index in [1.165, 1.54) is 4.68 Å². The molecule has 0 bridgehead atoms. The number of nitrogens with zero attached hydrogens (tertiary/aromatic N) is 3. The first-order valence-corrected chi connectivity index (χ1v) is 8.97. The summed E-state index contributed by atoms with van der Waals surface area (Å²) in [7, 11) is 0. The van der Waals surface area contributed by atoms with Gasteiger partial charge in [0.25, 0.3) is 0 Å². The maximum Gasteiger partial charge on any atom is 0.356 e. The molecule has 0 N–H and O–H groups in total. The summed E-state index contributed by atoms with van der Waals surface area (Å²) in [5, 5.41) is 4.38. The van der Waals surface area contributed by atoms with Gasteiger partial charge in [0, 0.05) is 17.5 Å². The first-order chi connectivity index (χ1) is 13.2. The SMILES string of the molecule is CCOC(=O)c1c2c(nn1Cc1ncc(-c3ccccc3)o1)C(=O)CCC2. The fraction of sp³-hybridized carbons (Fsp3) is 0.300. The highest BCUT2D eigenvalue weighted by molar-refractivity contribution is 6.00. The molecule has 4 rings (SSSR count). The Hall–Kier alpha value is -3.22. The van der Waals surface area contributed by atoms with Gasteiger partial charge in [-0.05, 0) is 19.8 Å². The third kappa shape index (κ3) is 3.28. The van der Waals surface area contributed by atoms with Crippen molar-refractivity contribution in [3.05, 3.63) is 59.4 Å². The number of ketones is 1. The van der Waals surface area contributed by atoms with Crippen LogP contribution in [0.15, 0.2) is 40.9 Å². The minimum absolute atomic E-state index is 0.0436. The van der Waals surface area contributed by atoms with E-state index in [0.29, 0.717) is 47.9 Å². The molecule has 0 atom stereocenters. The van der Waals surface area contributed by atoms with Gasteiger partial charge in [-0.3, -0.25) is 4.79 Å². The number of fused-ring (bicyclic) bond motifs is 1. The van der Waals surface area contributed by atoms with Crippen LogP contribution in [0.4, 0.5) is 0 Å². The summed E-state index contributed by atoms with van der Waals surface area (Å²) in [5.74, 6) is 0.525. The Balaban J connectivity index is 1.69. The minimum Gasteiger partial charge on any atom is -0.461 e. The first kappa shape index (κ1) is 17.2. The summed E-state index contributed by atoms with van der Waals surface area (Å²) >= 11 is 0. The summed E-state index contributed by atoms with van der Waals surface area (Å²) < 4.78 is 12.5. The van der Waals surface area contributed by atoms with Gasteiger partial charge < -0.3 is 9.15 Å². The van der Waals surface area contributed by atoms with E-state index in [1.54, 1.807) is 13.1 Å². The van der Waals surface area contributed by atoms with Crippen molar-refractivity contribution in [1.82, 2.24) is 14.8 Å². The van der Waals surface area contributed by atoms with Gasteiger partial charge in [-0.15, -0.1) is 0 Å². The maximum atomic E-state index is 12.5. The summed E-state index contributed by atoms with van der Waals surface area (Å²) in [4.78, 5) is 29.0. The zero-order valence-corrected chi connectivity index (χ0v) is 15.0. The van der Waals surface area contributed by atoms with Gasteiger partial charge in [0.15, 0.2) is 17.2 Å². The van der Waals surface area contributed by atoms with E-state index in [4.69, 9.17) is 9.15 Å². The molecule has 1 aromatic carbocycles. The lowest BCUT2D eigenvalue weighted by atomic mass is 9.95. The van der Waals surface area contributed by atoms with E-state index in [-0.39, 0.29) is 18.9 Å². The fourth-order valence-corrected chi connectivity index (χ4v) is 3.29. The van der Waals surface area contributed by atoms with Gasteiger partial charge in [-0.1, -0.05) is 30.3 Å². The Labute approximate surface area is 156 Å². The van der Waals surface area contributed by atoms with Gasteiger partial charge in [0.05, 0.1) is 12.8 Å². The number of aromatic nitrogens is 3. The fourth-order valence-electron chi connectivity index (χ4n) is 3.29. The van der Waals surface area contributed by atoms with E-state index in [9.17, 15) is 9.59 Å². The van der Waals surface area contributed by atoms with Gasteiger partial charge in [0.1, 0.15) is 12.2 Å². The number of ether oxygens (including phenoxy) is 1. The Morgan fingerprint density at radius 1 is 1.26 bits per heavy atom. The molecule has 138 valence electrons. The highest BCUT2D eigenvalue weighted by Crippen LogP contribution is 2.26. The molecule has 0 radical (unpaired) electrons. The molecule has 3 aromatic rings. The van der Waals surface area contributed by atoms with Crippen molar-refractivity contribution in [2.75, 3.05) is 6.61 Å².